The lowest BCUT2D eigenvalue weighted by molar-refractivity contribution is -0.120. The molecule has 4 heteroatoms. The van der Waals surface area contributed by atoms with Crippen LogP contribution in [0.2, 0.25) is 5.02 Å². The highest BCUT2D eigenvalue weighted by Gasteiger charge is 2.56. The van der Waals surface area contributed by atoms with Gasteiger partial charge in [0.1, 0.15) is 11.6 Å². The quantitative estimate of drug-likeness (QED) is 0.923. The van der Waals surface area contributed by atoms with Gasteiger partial charge in [0.05, 0.1) is 5.02 Å². The van der Waals surface area contributed by atoms with E-state index in [0.717, 1.165) is 37.9 Å². The van der Waals surface area contributed by atoms with Gasteiger partial charge in [0, 0.05) is 12.3 Å². The van der Waals surface area contributed by atoms with Crippen molar-refractivity contribution in [2.45, 2.75) is 25.7 Å². The summed E-state index contributed by atoms with van der Waals surface area (Å²) in [5.41, 5.74) is 1.08. The SMILES string of the molecule is O=C(Cc1ccc(F)c(Cl)c1)C1CC12CCNCC2. The van der Waals surface area contributed by atoms with E-state index >= 15 is 0 Å². The highest BCUT2D eigenvalue weighted by molar-refractivity contribution is 6.30. The highest BCUT2D eigenvalue weighted by Crippen LogP contribution is 2.59. The summed E-state index contributed by atoms with van der Waals surface area (Å²) in [7, 11) is 0. The van der Waals surface area contributed by atoms with E-state index in [0.29, 0.717) is 6.42 Å². The maximum atomic E-state index is 13.1. The van der Waals surface area contributed by atoms with Gasteiger partial charge in [-0.2, -0.15) is 0 Å². The molecule has 1 aliphatic heterocycles. The number of piperidine rings is 1. The lowest BCUT2D eigenvalue weighted by Crippen LogP contribution is -2.30. The molecule has 1 unspecified atom stereocenters. The van der Waals surface area contributed by atoms with Crippen molar-refractivity contribution in [2.75, 3.05) is 13.1 Å². The fourth-order valence-corrected chi connectivity index (χ4v) is 3.46. The first-order valence-electron chi connectivity index (χ1n) is 6.78. The Morgan fingerprint density at radius 3 is 2.84 bits per heavy atom. The Kier molecular flexibility index (Phi) is 3.35. The predicted molar refractivity (Wildman–Crippen MR) is 72.8 cm³/mol. The number of hydrogen-bond donors (Lipinski definition) is 1. The molecule has 0 amide bonds. The molecule has 2 nitrogen and oxygen atoms in total. The second kappa shape index (κ2) is 4.88. The Labute approximate surface area is 117 Å². The van der Waals surface area contributed by atoms with Crippen LogP contribution >= 0.6 is 11.6 Å². The largest absolute Gasteiger partial charge is 0.317 e. The van der Waals surface area contributed by atoms with Gasteiger partial charge in [-0.15, -0.1) is 0 Å². The average molecular weight is 282 g/mol. The molecule has 2 fully saturated rings. The Bertz CT molecular complexity index is 511. The number of rotatable bonds is 3. The Morgan fingerprint density at radius 2 is 2.16 bits per heavy atom. The minimum atomic E-state index is -0.431. The second-order valence-electron chi connectivity index (χ2n) is 5.76. The van der Waals surface area contributed by atoms with E-state index in [1.807, 2.05) is 0 Å². The molecule has 3 rings (SSSR count). The number of benzene rings is 1. The molecule has 1 atom stereocenters. The van der Waals surface area contributed by atoms with Crippen LogP contribution in [-0.2, 0) is 11.2 Å². The molecule has 1 heterocycles. The van der Waals surface area contributed by atoms with Gasteiger partial charge in [-0.1, -0.05) is 17.7 Å². The maximum Gasteiger partial charge on any atom is 0.141 e. The van der Waals surface area contributed by atoms with Crippen LogP contribution in [0.4, 0.5) is 4.39 Å². The number of halogens is 2. The van der Waals surface area contributed by atoms with Crippen molar-refractivity contribution in [1.29, 1.82) is 0 Å². The molecule has 0 radical (unpaired) electrons. The summed E-state index contributed by atoms with van der Waals surface area (Å²) in [5, 5.41) is 3.43. The van der Waals surface area contributed by atoms with E-state index in [1.54, 1.807) is 12.1 Å². The molecule has 1 aromatic rings. The van der Waals surface area contributed by atoms with Gasteiger partial charge in [0.2, 0.25) is 0 Å². The summed E-state index contributed by atoms with van der Waals surface area (Å²) in [6.07, 6.45) is 3.61. The number of carbonyl (C=O) groups is 1. The summed E-state index contributed by atoms with van der Waals surface area (Å²) < 4.78 is 13.1. The molecule has 1 saturated carbocycles. The van der Waals surface area contributed by atoms with Crippen molar-refractivity contribution in [3.05, 3.63) is 34.6 Å². The van der Waals surface area contributed by atoms with Crippen LogP contribution in [0.15, 0.2) is 18.2 Å². The van der Waals surface area contributed by atoms with Crippen LogP contribution in [0.25, 0.3) is 0 Å². The molecule has 1 N–H and O–H groups in total. The molecular formula is C15H17ClFNO. The predicted octanol–water partition coefficient (Wildman–Crippen LogP) is 2.98. The van der Waals surface area contributed by atoms with E-state index in [-0.39, 0.29) is 22.1 Å². The lowest BCUT2D eigenvalue weighted by Gasteiger charge is -2.23. The molecule has 1 aliphatic carbocycles. The number of carbonyl (C=O) groups excluding carboxylic acids is 1. The first kappa shape index (κ1) is 13.1. The number of ketones is 1. The van der Waals surface area contributed by atoms with Gasteiger partial charge in [-0.3, -0.25) is 4.79 Å². The summed E-state index contributed by atoms with van der Waals surface area (Å²) in [6, 6.07) is 4.54. The van der Waals surface area contributed by atoms with E-state index < -0.39 is 5.82 Å². The molecular weight excluding hydrogens is 265 g/mol. The van der Waals surface area contributed by atoms with Crippen LogP contribution in [0, 0.1) is 17.2 Å². The third kappa shape index (κ3) is 2.54. The monoisotopic (exact) mass is 281 g/mol. The van der Waals surface area contributed by atoms with E-state index in [9.17, 15) is 9.18 Å². The van der Waals surface area contributed by atoms with E-state index in [4.69, 9.17) is 11.6 Å². The van der Waals surface area contributed by atoms with Gasteiger partial charge >= 0.3 is 0 Å². The fraction of sp³-hybridized carbons (Fsp3) is 0.533. The van der Waals surface area contributed by atoms with Gasteiger partial charge < -0.3 is 5.32 Å². The molecule has 1 aromatic carbocycles. The lowest BCUT2D eigenvalue weighted by atomic mass is 9.89. The van der Waals surface area contributed by atoms with Crippen LogP contribution in [0.1, 0.15) is 24.8 Å². The molecule has 0 aromatic heterocycles. The van der Waals surface area contributed by atoms with Crippen LogP contribution in [-0.4, -0.2) is 18.9 Å². The molecule has 1 spiro atoms. The molecule has 1 saturated heterocycles. The summed E-state index contributed by atoms with van der Waals surface area (Å²) in [6.45, 7) is 2.04. The van der Waals surface area contributed by atoms with Gasteiger partial charge in [0.25, 0.3) is 0 Å². The zero-order chi connectivity index (χ0) is 13.5. The standard InChI is InChI=1S/C15H17ClFNO/c16-12-7-10(1-2-13(12)17)8-14(19)11-9-15(11)3-5-18-6-4-15/h1-2,7,11,18H,3-6,8-9H2. The zero-order valence-corrected chi connectivity index (χ0v) is 11.5. The molecule has 102 valence electrons. The van der Waals surface area contributed by atoms with Crippen molar-refractivity contribution in [1.82, 2.24) is 5.32 Å². The van der Waals surface area contributed by atoms with Crippen LogP contribution < -0.4 is 5.32 Å². The molecule has 0 bridgehead atoms. The first-order valence-corrected chi connectivity index (χ1v) is 7.16. The summed E-state index contributed by atoms with van der Waals surface area (Å²) in [5.74, 6) is 0.0575. The fourth-order valence-electron chi connectivity index (χ4n) is 3.25. The second-order valence-corrected chi connectivity index (χ2v) is 6.17. The number of nitrogens with one attached hydrogen (secondary N) is 1. The van der Waals surface area contributed by atoms with Crippen LogP contribution in [0.5, 0.6) is 0 Å². The minimum absolute atomic E-state index is 0.0951. The smallest absolute Gasteiger partial charge is 0.141 e. The zero-order valence-electron chi connectivity index (χ0n) is 10.7. The molecule has 19 heavy (non-hydrogen) atoms. The van der Waals surface area contributed by atoms with Crippen molar-refractivity contribution in [3.8, 4) is 0 Å². The van der Waals surface area contributed by atoms with Crippen molar-refractivity contribution in [3.63, 3.8) is 0 Å². The van der Waals surface area contributed by atoms with Crippen molar-refractivity contribution in [2.24, 2.45) is 11.3 Å². The number of Topliss-reactive ketones (excluding diaryl/α,β-unsaturated/α-hetero) is 1. The maximum absolute atomic E-state index is 13.1. The number of hydrogen-bond acceptors (Lipinski definition) is 2. The highest BCUT2D eigenvalue weighted by atomic mass is 35.5. The van der Waals surface area contributed by atoms with Crippen molar-refractivity contribution >= 4 is 17.4 Å². The summed E-state index contributed by atoms with van der Waals surface area (Å²) >= 11 is 5.74. The third-order valence-electron chi connectivity index (χ3n) is 4.54. The summed E-state index contributed by atoms with van der Waals surface area (Å²) in [4.78, 5) is 12.3. The van der Waals surface area contributed by atoms with E-state index in [1.165, 1.54) is 6.07 Å². The van der Waals surface area contributed by atoms with Crippen molar-refractivity contribution < 1.29 is 9.18 Å². The third-order valence-corrected chi connectivity index (χ3v) is 4.83. The van der Waals surface area contributed by atoms with Gasteiger partial charge in [-0.25, -0.2) is 4.39 Å². The van der Waals surface area contributed by atoms with Gasteiger partial charge in [-0.05, 0) is 55.5 Å². The minimum Gasteiger partial charge on any atom is -0.317 e. The molecule has 2 aliphatic rings. The average Bonchev–Trinajstić information content (AvgIpc) is 3.08. The topological polar surface area (TPSA) is 29.1 Å². The Hall–Kier alpha value is -0.930. The Balaban J connectivity index is 1.64. The Morgan fingerprint density at radius 1 is 1.42 bits per heavy atom. The normalized spacial score (nSPS) is 24.4. The van der Waals surface area contributed by atoms with E-state index in [2.05, 4.69) is 5.32 Å². The van der Waals surface area contributed by atoms with Gasteiger partial charge in [0.15, 0.2) is 0 Å². The first-order chi connectivity index (χ1) is 9.11. The van der Waals surface area contributed by atoms with Crippen LogP contribution in [0.3, 0.4) is 0 Å².